The molecule has 2 aliphatic rings. The molecule has 2 aromatic rings. The minimum absolute atomic E-state index is 0.0645. The van der Waals surface area contributed by atoms with E-state index < -0.39 is 12.6 Å². The first-order valence-electron chi connectivity index (χ1n) is 10.5. The van der Waals surface area contributed by atoms with Crippen molar-refractivity contribution in [2.75, 3.05) is 28.4 Å². The third-order valence-corrected chi connectivity index (χ3v) is 5.27. The molecule has 2 unspecified atom stereocenters. The van der Waals surface area contributed by atoms with E-state index in [0.29, 0.717) is 22.6 Å². The summed E-state index contributed by atoms with van der Waals surface area (Å²) < 4.78 is 31.7. The van der Waals surface area contributed by atoms with Crippen LogP contribution < -0.4 is 18.9 Å². The van der Waals surface area contributed by atoms with Gasteiger partial charge < -0.3 is 28.4 Å². The van der Waals surface area contributed by atoms with Crippen molar-refractivity contribution in [3.63, 3.8) is 0 Å². The highest BCUT2D eigenvalue weighted by atomic mass is 16.7. The molecule has 8 nitrogen and oxygen atoms in total. The minimum Gasteiger partial charge on any atom is -0.497 e. The number of hydrogen-bond donors (Lipinski definition) is 0. The second-order valence-corrected chi connectivity index (χ2v) is 7.49. The van der Waals surface area contributed by atoms with E-state index in [9.17, 15) is 9.59 Å². The topological polar surface area (TPSA) is 89.5 Å². The van der Waals surface area contributed by atoms with Gasteiger partial charge in [0, 0.05) is 25.3 Å². The maximum Gasteiger partial charge on any atom is 0.229 e. The van der Waals surface area contributed by atoms with E-state index in [1.54, 1.807) is 50.6 Å². The van der Waals surface area contributed by atoms with Crippen molar-refractivity contribution in [3.8, 4) is 23.0 Å². The van der Waals surface area contributed by atoms with E-state index in [1.165, 1.54) is 28.1 Å². The van der Waals surface area contributed by atoms with Crippen molar-refractivity contribution in [2.24, 2.45) is 0 Å². The molecular formula is C26H28O8. The van der Waals surface area contributed by atoms with Gasteiger partial charge in [-0.2, -0.15) is 0 Å². The molecule has 2 atom stereocenters. The zero-order valence-electron chi connectivity index (χ0n) is 20.0. The largest absolute Gasteiger partial charge is 0.497 e. The predicted octanol–water partition coefficient (Wildman–Crippen LogP) is 4.07. The first-order chi connectivity index (χ1) is 16.3. The molecule has 0 saturated carbocycles. The van der Waals surface area contributed by atoms with Crippen molar-refractivity contribution in [3.05, 3.63) is 58.7 Å². The molecule has 180 valence electrons. The van der Waals surface area contributed by atoms with E-state index in [0.717, 1.165) is 22.6 Å². The van der Waals surface area contributed by atoms with E-state index in [4.69, 9.17) is 28.4 Å². The Morgan fingerprint density at radius 1 is 0.676 bits per heavy atom. The maximum absolute atomic E-state index is 11.5. The second kappa shape index (κ2) is 11.0. The van der Waals surface area contributed by atoms with Crippen LogP contribution in [0, 0.1) is 0 Å². The van der Waals surface area contributed by atoms with Crippen molar-refractivity contribution in [1.82, 2.24) is 0 Å². The van der Waals surface area contributed by atoms with Crippen LogP contribution in [-0.4, -0.2) is 52.6 Å². The molecule has 0 radical (unpaired) electrons. The van der Waals surface area contributed by atoms with Gasteiger partial charge >= 0.3 is 0 Å². The van der Waals surface area contributed by atoms with Gasteiger partial charge in [0.1, 0.15) is 23.0 Å². The molecule has 4 rings (SSSR count). The molecule has 2 heterocycles. The third kappa shape index (κ3) is 5.47. The van der Waals surface area contributed by atoms with Crippen LogP contribution >= 0.6 is 0 Å². The highest BCUT2D eigenvalue weighted by Crippen LogP contribution is 2.34. The first kappa shape index (κ1) is 25.0. The standard InChI is InChI=1S/2C13H14O4/c2*1-8(14)11-7-9-6-10(15-2)4-5-12(9)17-13(11)16-3/h2*4-7,13H,1-3H3. The fourth-order valence-electron chi connectivity index (χ4n) is 3.46. The SMILES string of the molecule is COc1ccc2c(c1)C=C(C(C)=O)C(OC)O2.COc1ccc2c(c1)C=C(C(C)=O)C(OC)O2. The van der Waals surface area contributed by atoms with Crippen LogP contribution in [0.15, 0.2) is 47.5 Å². The number of carbonyl (C=O) groups is 2. The molecule has 0 saturated heterocycles. The van der Waals surface area contributed by atoms with Gasteiger partial charge in [0.05, 0.1) is 25.4 Å². The maximum atomic E-state index is 11.5. The van der Waals surface area contributed by atoms with E-state index >= 15 is 0 Å². The lowest BCUT2D eigenvalue weighted by Gasteiger charge is -2.24. The van der Waals surface area contributed by atoms with E-state index in [2.05, 4.69) is 0 Å². The third-order valence-electron chi connectivity index (χ3n) is 5.27. The van der Waals surface area contributed by atoms with Gasteiger partial charge in [-0.25, -0.2) is 0 Å². The Bertz CT molecular complexity index is 1040. The Balaban J connectivity index is 0.000000191. The van der Waals surface area contributed by atoms with Gasteiger partial charge in [-0.1, -0.05) is 0 Å². The van der Waals surface area contributed by atoms with Gasteiger partial charge in [0.25, 0.3) is 0 Å². The van der Waals surface area contributed by atoms with Crippen molar-refractivity contribution >= 4 is 23.7 Å². The molecule has 0 aliphatic carbocycles. The average Bonchev–Trinajstić information content (AvgIpc) is 2.86. The van der Waals surface area contributed by atoms with Crippen LogP contribution in [0.4, 0.5) is 0 Å². The summed E-state index contributed by atoms with van der Waals surface area (Å²) in [7, 11) is 6.21. The Labute approximate surface area is 198 Å². The smallest absolute Gasteiger partial charge is 0.229 e. The summed E-state index contributed by atoms with van der Waals surface area (Å²) in [6.45, 7) is 2.98. The Morgan fingerprint density at radius 3 is 1.35 bits per heavy atom. The van der Waals surface area contributed by atoms with Crippen molar-refractivity contribution in [2.45, 2.75) is 26.4 Å². The minimum atomic E-state index is -0.631. The lowest BCUT2D eigenvalue weighted by Crippen LogP contribution is -2.27. The fourth-order valence-corrected chi connectivity index (χ4v) is 3.46. The number of methoxy groups -OCH3 is 4. The lowest BCUT2D eigenvalue weighted by molar-refractivity contribution is -0.118. The van der Waals surface area contributed by atoms with Gasteiger partial charge in [0.15, 0.2) is 11.6 Å². The molecule has 2 aliphatic heterocycles. The van der Waals surface area contributed by atoms with Crippen LogP contribution in [0.2, 0.25) is 0 Å². The summed E-state index contributed by atoms with van der Waals surface area (Å²) in [6.07, 6.45) is 2.29. The molecule has 0 bridgehead atoms. The number of hydrogen-bond acceptors (Lipinski definition) is 8. The number of rotatable bonds is 6. The van der Waals surface area contributed by atoms with Gasteiger partial charge in [0.2, 0.25) is 12.6 Å². The van der Waals surface area contributed by atoms with E-state index in [1.807, 2.05) is 12.1 Å². The zero-order chi connectivity index (χ0) is 24.8. The fraction of sp³-hybridized carbons (Fsp3) is 0.308. The molecule has 0 aromatic heterocycles. The van der Waals surface area contributed by atoms with Gasteiger partial charge in [-0.15, -0.1) is 0 Å². The predicted molar refractivity (Wildman–Crippen MR) is 126 cm³/mol. The molecular weight excluding hydrogens is 440 g/mol. The average molecular weight is 469 g/mol. The number of Topliss-reactive ketones (excluding diaryl/α,β-unsaturated/α-hetero) is 2. The summed E-state index contributed by atoms with van der Waals surface area (Å²) in [5.74, 6) is 2.69. The number of benzene rings is 2. The zero-order valence-corrected chi connectivity index (χ0v) is 20.0. The summed E-state index contributed by atoms with van der Waals surface area (Å²) in [6, 6.07) is 10.9. The van der Waals surface area contributed by atoms with Crippen LogP contribution in [0.3, 0.4) is 0 Å². The molecule has 0 fully saturated rings. The Morgan fingerprint density at radius 2 is 1.06 bits per heavy atom. The molecule has 34 heavy (non-hydrogen) atoms. The van der Waals surface area contributed by atoms with Crippen LogP contribution in [-0.2, 0) is 19.1 Å². The first-order valence-corrected chi connectivity index (χ1v) is 10.5. The van der Waals surface area contributed by atoms with Crippen molar-refractivity contribution in [1.29, 1.82) is 0 Å². The quantitative estimate of drug-likeness (QED) is 0.627. The highest BCUT2D eigenvalue weighted by Gasteiger charge is 2.26. The number of ether oxygens (including phenoxy) is 6. The number of fused-ring (bicyclic) bond motifs is 2. The highest BCUT2D eigenvalue weighted by molar-refractivity contribution is 6.00. The summed E-state index contributed by atoms with van der Waals surface area (Å²) >= 11 is 0. The normalized spacial score (nSPS) is 17.8. The summed E-state index contributed by atoms with van der Waals surface area (Å²) in [4.78, 5) is 22.9. The monoisotopic (exact) mass is 468 g/mol. The second-order valence-electron chi connectivity index (χ2n) is 7.49. The van der Waals surface area contributed by atoms with E-state index in [-0.39, 0.29) is 11.6 Å². The molecule has 0 amide bonds. The van der Waals surface area contributed by atoms with Gasteiger partial charge in [-0.05, 0) is 62.4 Å². The lowest BCUT2D eigenvalue weighted by atomic mass is 10.0. The van der Waals surface area contributed by atoms with Crippen molar-refractivity contribution < 1.29 is 38.0 Å². The summed E-state index contributed by atoms with van der Waals surface area (Å²) in [5.41, 5.74) is 2.66. The summed E-state index contributed by atoms with van der Waals surface area (Å²) in [5, 5.41) is 0. The van der Waals surface area contributed by atoms with Gasteiger partial charge in [-0.3, -0.25) is 9.59 Å². The Kier molecular flexibility index (Phi) is 8.09. The van der Waals surface area contributed by atoms with Crippen LogP contribution in [0.25, 0.3) is 12.2 Å². The molecule has 2 aromatic carbocycles. The number of ketones is 2. The molecule has 8 heteroatoms. The Hall–Kier alpha value is -3.62. The molecule has 0 spiro atoms. The number of carbonyl (C=O) groups excluding carboxylic acids is 2. The molecule has 0 N–H and O–H groups in total. The van der Waals surface area contributed by atoms with Crippen LogP contribution in [0.5, 0.6) is 23.0 Å². The van der Waals surface area contributed by atoms with Crippen LogP contribution in [0.1, 0.15) is 25.0 Å².